The van der Waals surface area contributed by atoms with Gasteiger partial charge in [-0.05, 0) is 64.8 Å². The normalized spacial score (nSPS) is 17.2. The molecule has 1 aliphatic heterocycles. The van der Waals surface area contributed by atoms with Crippen molar-refractivity contribution in [1.29, 1.82) is 0 Å². The molecule has 0 saturated carbocycles. The highest BCUT2D eigenvalue weighted by atomic mass is 32.2. The topological polar surface area (TPSA) is 111 Å². The number of aromatic carboxylic acids is 1. The number of aromatic nitrogens is 1. The number of aliphatic hydroxyl groups excluding tert-OH is 1. The SMILES string of the molecule is CC(C)(O)C#Cc1cccc(-c2nc(C(=O)O)cc3c2[C@H](CCO)N([S@@](=O)C(C)(C)C)C3)c1. The summed E-state index contributed by atoms with van der Waals surface area (Å²) in [7, 11) is -1.37. The highest BCUT2D eigenvalue weighted by Crippen LogP contribution is 2.44. The van der Waals surface area contributed by atoms with Gasteiger partial charge in [0.05, 0.1) is 16.5 Å². The van der Waals surface area contributed by atoms with Crippen molar-refractivity contribution in [1.82, 2.24) is 9.29 Å². The number of hydrogen-bond donors (Lipinski definition) is 3. The van der Waals surface area contributed by atoms with Crippen molar-refractivity contribution in [2.45, 2.75) is 64.0 Å². The number of benzene rings is 1. The van der Waals surface area contributed by atoms with E-state index in [0.717, 1.165) is 11.1 Å². The number of carbonyl (C=O) groups is 1. The van der Waals surface area contributed by atoms with E-state index in [1.807, 2.05) is 31.1 Å². The molecule has 0 aliphatic carbocycles. The summed E-state index contributed by atoms with van der Waals surface area (Å²) < 4.78 is 14.6. The number of nitrogens with zero attached hydrogens (tertiary/aromatic N) is 2. The van der Waals surface area contributed by atoms with E-state index >= 15 is 0 Å². The molecule has 0 amide bonds. The molecular formula is C25H30N2O5S. The second kappa shape index (κ2) is 9.35. The Morgan fingerprint density at radius 1 is 1.24 bits per heavy atom. The molecule has 0 bridgehead atoms. The van der Waals surface area contributed by atoms with Crippen molar-refractivity contribution < 1.29 is 24.3 Å². The molecule has 1 aromatic carbocycles. The third kappa shape index (κ3) is 5.68. The van der Waals surface area contributed by atoms with Gasteiger partial charge < -0.3 is 15.3 Å². The second-order valence-corrected chi connectivity index (χ2v) is 11.8. The fourth-order valence-corrected chi connectivity index (χ4v) is 5.17. The van der Waals surface area contributed by atoms with Gasteiger partial charge in [-0.25, -0.2) is 18.3 Å². The first kappa shape index (κ1) is 25.1. The van der Waals surface area contributed by atoms with E-state index < -0.39 is 27.3 Å². The summed E-state index contributed by atoms with van der Waals surface area (Å²) in [6.45, 7) is 9.03. The fourth-order valence-electron chi connectivity index (χ4n) is 3.77. The molecule has 3 rings (SSSR count). The molecule has 176 valence electrons. The minimum absolute atomic E-state index is 0.0946. The first-order valence-corrected chi connectivity index (χ1v) is 11.8. The molecule has 0 saturated heterocycles. The minimum Gasteiger partial charge on any atom is -0.477 e. The van der Waals surface area contributed by atoms with Crippen molar-refractivity contribution in [3.05, 3.63) is 52.7 Å². The first-order chi connectivity index (χ1) is 15.3. The van der Waals surface area contributed by atoms with E-state index in [1.165, 1.54) is 6.07 Å². The molecule has 2 atom stereocenters. The van der Waals surface area contributed by atoms with Crippen LogP contribution in [0, 0.1) is 11.8 Å². The summed E-state index contributed by atoms with van der Waals surface area (Å²) >= 11 is 0. The summed E-state index contributed by atoms with van der Waals surface area (Å²) in [5, 5.41) is 29.4. The molecule has 7 nitrogen and oxygen atoms in total. The zero-order valence-electron chi connectivity index (χ0n) is 19.5. The zero-order valence-corrected chi connectivity index (χ0v) is 20.4. The van der Waals surface area contributed by atoms with Gasteiger partial charge in [0.2, 0.25) is 0 Å². The summed E-state index contributed by atoms with van der Waals surface area (Å²) in [6.07, 6.45) is 0.341. The monoisotopic (exact) mass is 470 g/mol. The van der Waals surface area contributed by atoms with Crippen LogP contribution < -0.4 is 0 Å². The summed E-state index contributed by atoms with van der Waals surface area (Å²) in [6, 6.07) is 8.38. The maximum absolute atomic E-state index is 13.3. The van der Waals surface area contributed by atoms with E-state index in [4.69, 9.17) is 0 Å². The van der Waals surface area contributed by atoms with Crippen molar-refractivity contribution in [3.8, 4) is 23.1 Å². The van der Waals surface area contributed by atoms with Crippen LogP contribution in [-0.2, 0) is 17.5 Å². The van der Waals surface area contributed by atoms with Crippen LogP contribution in [0.5, 0.6) is 0 Å². The lowest BCUT2D eigenvalue weighted by molar-refractivity contribution is 0.0690. The van der Waals surface area contributed by atoms with Gasteiger partial charge in [0.25, 0.3) is 0 Å². The standard InChI is InChI=1S/C25H30N2O5S/c1-24(2,3)33(32)27-15-18-14-19(23(29)30)26-22(21(18)20(27)10-12-28)17-8-6-7-16(13-17)9-11-25(4,5)31/h6-8,13-14,20,28,31H,10,12,15H2,1-5H3,(H,29,30)/t20-,33-/m0/s1. The van der Waals surface area contributed by atoms with Gasteiger partial charge in [-0.2, -0.15) is 0 Å². The predicted molar refractivity (Wildman–Crippen MR) is 128 cm³/mol. The Morgan fingerprint density at radius 3 is 2.52 bits per heavy atom. The van der Waals surface area contributed by atoms with Crippen molar-refractivity contribution >= 4 is 17.0 Å². The molecule has 0 spiro atoms. The first-order valence-electron chi connectivity index (χ1n) is 10.7. The van der Waals surface area contributed by atoms with Gasteiger partial charge in [0.1, 0.15) is 22.3 Å². The van der Waals surface area contributed by atoms with Crippen LogP contribution in [0.4, 0.5) is 0 Å². The average Bonchev–Trinajstić information content (AvgIpc) is 3.08. The number of carboxylic acids is 1. The zero-order chi connectivity index (χ0) is 24.6. The van der Waals surface area contributed by atoms with Crippen LogP contribution in [-0.4, -0.2) is 51.7 Å². The maximum Gasteiger partial charge on any atom is 0.354 e. The Labute approximate surface area is 197 Å². The van der Waals surface area contributed by atoms with Gasteiger partial charge in [0, 0.05) is 29.8 Å². The lowest BCUT2D eigenvalue weighted by Crippen LogP contribution is -2.36. The number of rotatable bonds is 5. The van der Waals surface area contributed by atoms with Gasteiger partial charge in [-0.3, -0.25) is 0 Å². The number of fused-ring (bicyclic) bond motifs is 1. The molecule has 0 unspecified atom stereocenters. The van der Waals surface area contributed by atoms with Crippen LogP contribution >= 0.6 is 0 Å². The van der Waals surface area contributed by atoms with Crippen LogP contribution in [0.2, 0.25) is 0 Å². The smallest absolute Gasteiger partial charge is 0.354 e. The summed E-state index contributed by atoms with van der Waals surface area (Å²) in [4.78, 5) is 16.3. The van der Waals surface area contributed by atoms with E-state index in [9.17, 15) is 24.3 Å². The van der Waals surface area contributed by atoms with E-state index in [1.54, 1.807) is 32.0 Å². The molecule has 1 aliphatic rings. The van der Waals surface area contributed by atoms with E-state index in [0.29, 0.717) is 29.8 Å². The van der Waals surface area contributed by atoms with Gasteiger partial charge in [-0.1, -0.05) is 24.0 Å². The Kier molecular flexibility index (Phi) is 7.10. The maximum atomic E-state index is 13.3. The minimum atomic E-state index is -1.37. The Balaban J connectivity index is 2.20. The third-order valence-electron chi connectivity index (χ3n) is 5.16. The Hall–Kier alpha value is -2.57. The van der Waals surface area contributed by atoms with Crippen LogP contribution in [0.25, 0.3) is 11.3 Å². The van der Waals surface area contributed by atoms with Gasteiger partial charge in [-0.15, -0.1) is 0 Å². The van der Waals surface area contributed by atoms with E-state index in [2.05, 4.69) is 16.8 Å². The number of pyridine rings is 1. The molecule has 3 N–H and O–H groups in total. The van der Waals surface area contributed by atoms with Gasteiger partial charge in [0.15, 0.2) is 0 Å². The summed E-state index contributed by atoms with van der Waals surface area (Å²) in [5.41, 5.74) is 2.07. The summed E-state index contributed by atoms with van der Waals surface area (Å²) in [5.74, 6) is 4.57. The van der Waals surface area contributed by atoms with Gasteiger partial charge >= 0.3 is 5.97 Å². The Bertz CT molecular complexity index is 1150. The van der Waals surface area contributed by atoms with E-state index in [-0.39, 0.29) is 18.3 Å². The number of hydrogen-bond acceptors (Lipinski definition) is 5. The lowest BCUT2D eigenvalue weighted by atomic mass is 9.95. The quantitative estimate of drug-likeness (QED) is 0.579. The van der Waals surface area contributed by atoms with Crippen LogP contribution in [0.1, 0.15) is 74.3 Å². The second-order valence-electron chi connectivity index (χ2n) is 9.59. The van der Waals surface area contributed by atoms with Crippen LogP contribution in [0.15, 0.2) is 30.3 Å². The molecule has 8 heteroatoms. The molecular weight excluding hydrogens is 440 g/mol. The molecule has 2 aromatic rings. The highest BCUT2D eigenvalue weighted by Gasteiger charge is 2.40. The van der Waals surface area contributed by atoms with Crippen molar-refractivity contribution in [3.63, 3.8) is 0 Å². The van der Waals surface area contributed by atoms with Crippen molar-refractivity contribution in [2.24, 2.45) is 0 Å². The molecule has 33 heavy (non-hydrogen) atoms. The van der Waals surface area contributed by atoms with Crippen LogP contribution in [0.3, 0.4) is 0 Å². The molecule has 1 aromatic heterocycles. The fraction of sp³-hybridized carbons (Fsp3) is 0.440. The Morgan fingerprint density at radius 2 is 1.94 bits per heavy atom. The van der Waals surface area contributed by atoms with Crippen molar-refractivity contribution in [2.75, 3.05) is 6.61 Å². The third-order valence-corrected chi connectivity index (χ3v) is 7.02. The predicted octanol–water partition coefficient (Wildman–Crippen LogP) is 3.27. The number of carboxylic acid groups (broad SMARTS) is 1. The lowest BCUT2D eigenvalue weighted by Gasteiger charge is -2.30. The molecule has 0 fully saturated rings. The highest BCUT2D eigenvalue weighted by molar-refractivity contribution is 7.84. The largest absolute Gasteiger partial charge is 0.477 e. The average molecular weight is 471 g/mol. The molecule has 0 radical (unpaired) electrons. The number of aliphatic hydroxyl groups is 2. The molecule has 2 heterocycles.